The van der Waals surface area contributed by atoms with Crippen molar-refractivity contribution in [2.75, 3.05) is 19.6 Å². The molecule has 3 N–H and O–H groups in total. The largest absolute Gasteiger partial charge is 0.351 e. The molecule has 1 radical (unpaired) electrons. The first kappa shape index (κ1) is 26.3. The highest BCUT2D eigenvalue weighted by atomic mass is 19.1. The third kappa shape index (κ3) is 6.71. The van der Waals surface area contributed by atoms with E-state index in [0.29, 0.717) is 38.9 Å². The molecule has 0 aromatic heterocycles. The smallest absolute Gasteiger partial charge is 0.318 e. The number of benzene rings is 3. The van der Waals surface area contributed by atoms with Crippen LogP contribution in [-0.2, 0) is 22.4 Å². The number of halogens is 1. The minimum atomic E-state index is -0.884. The highest BCUT2D eigenvalue weighted by Crippen LogP contribution is 2.22. The zero-order valence-corrected chi connectivity index (χ0v) is 20.9. The van der Waals surface area contributed by atoms with Crippen molar-refractivity contribution in [1.82, 2.24) is 15.1 Å². The Labute approximate surface area is 216 Å². The Kier molecular flexibility index (Phi) is 8.50. The van der Waals surface area contributed by atoms with E-state index in [4.69, 9.17) is 5.73 Å². The van der Waals surface area contributed by atoms with Crippen molar-refractivity contribution < 1.29 is 18.8 Å². The molecule has 1 heterocycles. The van der Waals surface area contributed by atoms with Crippen LogP contribution in [0.3, 0.4) is 0 Å². The van der Waals surface area contributed by atoms with Crippen molar-refractivity contribution in [3.8, 4) is 0 Å². The molecule has 0 spiro atoms. The van der Waals surface area contributed by atoms with Gasteiger partial charge in [-0.1, -0.05) is 61.5 Å². The first-order valence-electron chi connectivity index (χ1n) is 12.5. The zero-order chi connectivity index (χ0) is 26.4. The van der Waals surface area contributed by atoms with E-state index in [1.807, 2.05) is 53.1 Å². The number of nitrogens with zero attached hydrogens (tertiary/aromatic N) is 2. The molecular weight excluding hydrogens is 471 g/mol. The molecule has 2 unspecified atom stereocenters. The van der Waals surface area contributed by atoms with Gasteiger partial charge in [-0.3, -0.25) is 19.8 Å². The zero-order valence-electron chi connectivity index (χ0n) is 20.9. The maximum absolute atomic E-state index is 13.2. The van der Waals surface area contributed by atoms with Gasteiger partial charge in [0.15, 0.2) is 0 Å². The monoisotopic (exact) mass is 503 g/mol. The molecule has 2 atom stereocenters. The molecule has 0 aliphatic carbocycles. The van der Waals surface area contributed by atoms with Gasteiger partial charge in [0.25, 0.3) is 0 Å². The van der Waals surface area contributed by atoms with E-state index < -0.39 is 18.0 Å². The number of amides is 4. The lowest BCUT2D eigenvalue weighted by Gasteiger charge is -2.44. The van der Waals surface area contributed by atoms with Gasteiger partial charge in [-0.25, -0.2) is 9.18 Å². The first-order valence-corrected chi connectivity index (χ1v) is 12.5. The molecule has 4 rings (SSSR count). The summed E-state index contributed by atoms with van der Waals surface area (Å²) in [5, 5.41) is 4.44. The van der Waals surface area contributed by atoms with E-state index in [9.17, 15) is 18.8 Å². The number of hydrogen-bond donors (Lipinski definition) is 2. The Morgan fingerprint density at radius 3 is 2.43 bits per heavy atom. The fourth-order valence-corrected chi connectivity index (χ4v) is 4.93. The van der Waals surface area contributed by atoms with Crippen molar-refractivity contribution in [2.24, 2.45) is 5.73 Å². The van der Waals surface area contributed by atoms with Gasteiger partial charge in [0.1, 0.15) is 5.82 Å². The number of nitrogens with one attached hydrogen (secondary N) is 1. The molecule has 7 nitrogen and oxygen atoms in total. The molecule has 37 heavy (non-hydrogen) atoms. The van der Waals surface area contributed by atoms with Gasteiger partial charge in [-0.05, 0) is 53.3 Å². The molecule has 0 saturated carbocycles. The van der Waals surface area contributed by atoms with Gasteiger partial charge in [0, 0.05) is 25.7 Å². The average molecular weight is 504 g/mol. The third-order valence-electron chi connectivity index (χ3n) is 6.93. The molecule has 1 fully saturated rings. The van der Waals surface area contributed by atoms with Crippen LogP contribution in [0.15, 0.2) is 66.7 Å². The lowest BCUT2D eigenvalue weighted by molar-refractivity contribution is -0.134. The quantitative estimate of drug-likeness (QED) is 0.492. The van der Waals surface area contributed by atoms with Crippen LogP contribution in [-0.4, -0.2) is 59.4 Å². The van der Waals surface area contributed by atoms with Crippen molar-refractivity contribution in [1.29, 1.82) is 0 Å². The van der Waals surface area contributed by atoms with Gasteiger partial charge in [0.05, 0.1) is 12.5 Å². The second kappa shape index (κ2) is 12.0. The molecule has 3 aromatic carbocycles. The SMILES string of the molecule is CCC1CN(C(Cc2ccc3ccccc3c2)C(=O)NC(N)=O)CCN1C(=O)[CH]Cc1ccc(F)cc1. The van der Waals surface area contributed by atoms with E-state index >= 15 is 0 Å². The van der Waals surface area contributed by atoms with Crippen LogP contribution in [0.1, 0.15) is 24.5 Å². The third-order valence-corrected chi connectivity index (χ3v) is 6.93. The number of nitrogens with two attached hydrogens (primary N) is 1. The summed E-state index contributed by atoms with van der Waals surface area (Å²) in [7, 11) is 0. The lowest BCUT2D eigenvalue weighted by Crippen LogP contribution is -2.61. The summed E-state index contributed by atoms with van der Waals surface area (Å²) in [5.41, 5.74) is 7.10. The number of rotatable bonds is 8. The van der Waals surface area contributed by atoms with Gasteiger partial charge < -0.3 is 10.6 Å². The average Bonchev–Trinajstić information content (AvgIpc) is 2.90. The van der Waals surface area contributed by atoms with Gasteiger partial charge in [-0.2, -0.15) is 0 Å². The highest BCUT2D eigenvalue weighted by Gasteiger charge is 2.35. The number of imide groups is 1. The fourth-order valence-electron chi connectivity index (χ4n) is 4.93. The molecule has 1 aliphatic rings. The van der Waals surface area contributed by atoms with Crippen molar-refractivity contribution in [3.05, 3.63) is 90.1 Å². The fraction of sp³-hybridized carbons (Fsp3) is 0.310. The van der Waals surface area contributed by atoms with E-state index in [1.165, 1.54) is 12.1 Å². The minimum Gasteiger partial charge on any atom is -0.351 e. The molecule has 1 saturated heterocycles. The summed E-state index contributed by atoms with van der Waals surface area (Å²) in [4.78, 5) is 41.4. The minimum absolute atomic E-state index is 0.0801. The van der Waals surface area contributed by atoms with Gasteiger partial charge >= 0.3 is 6.03 Å². The second-order valence-corrected chi connectivity index (χ2v) is 9.38. The van der Waals surface area contributed by atoms with E-state index in [2.05, 4.69) is 11.4 Å². The molecule has 3 aromatic rings. The van der Waals surface area contributed by atoms with Crippen LogP contribution < -0.4 is 11.1 Å². The predicted octanol–water partition coefficient (Wildman–Crippen LogP) is 3.45. The molecule has 0 bridgehead atoms. The number of hydrogen-bond acceptors (Lipinski definition) is 4. The highest BCUT2D eigenvalue weighted by molar-refractivity contribution is 5.96. The topological polar surface area (TPSA) is 95.7 Å². The number of urea groups is 1. The normalized spacial score (nSPS) is 16.9. The van der Waals surface area contributed by atoms with Crippen LogP contribution in [0.4, 0.5) is 9.18 Å². The van der Waals surface area contributed by atoms with Crippen LogP contribution in [0.2, 0.25) is 0 Å². The van der Waals surface area contributed by atoms with Crippen LogP contribution in [0.25, 0.3) is 10.8 Å². The standard InChI is InChI=1S/C29H32FN4O3/c1-2-25-19-33(15-16-34(25)27(35)14-10-20-8-12-24(30)13-9-20)26(28(36)32-29(31)37)18-21-7-11-22-5-3-4-6-23(22)17-21/h3-9,11-14,17,25-26H,2,10,15-16,18-19H2,1H3,(H3,31,32,36,37). The van der Waals surface area contributed by atoms with E-state index in [0.717, 1.165) is 21.9 Å². The lowest BCUT2D eigenvalue weighted by atomic mass is 9.98. The summed E-state index contributed by atoms with van der Waals surface area (Å²) < 4.78 is 13.2. The summed E-state index contributed by atoms with van der Waals surface area (Å²) >= 11 is 0. The number of piperazine rings is 1. The maximum Gasteiger partial charge on any atom is 0.318 e. The predicted molar refractivity (Wildman–Crippen MR) is 141 cm³/mol. The Balaban J connectivity index is 1.46. The number of carbonyl (C=O) groups excluding carboxylic acids is 3. The van der Waals surface area contributed by atoms with Crippen molar-refractivity contribution in [3.63, 3.8) is 0 Å². The Hall–Kier alpha value is -3.78. The van der Waals surface area contributed by atoms with Crippen LogP contribution in [0, 0.1) is 12.2 Å². The second-order valence-electron chi connectivity index (χ2n) is 9.38. The molecule has 8 heteroatoms. The molecule has 193 valence electrons. The van der Waals surface area contributed by atoms with Crippen LogP contribution >= 0.6 is 0 Å². The molecular formula is C29H32FN4O3. The Bertz CT molecular complexity index is 1260. The van der Waals surface area contributed by atoms with E-state index in [1.54, 1.807) is 18.6 Å². The van der Waals surface area contributed by atoms with E-state index in [-0.39, 0.29) is 17.8 Å². The van der Waals surface area contributed by atoms with Gasteiger partial charge in [0.2, 0.25) is 11.8 Å². The molecule has 4 amide bonds. The van der Waals surface area contributed by atoms with Crippen molar-refractivity contribution in [2.45, 2.75) is 38.3 Å². The maximum atomic E-state index is 13.2. The Morgan fingerprint density at radius 1 is 1.03 bits per heavy atom. The Morgan fingerprint density at radius 2 is 1.73 bits per heavy atom. The summed E-state index contributed by atoms with van der Waals surface area (Å²) in [6.07, 6.45) is 3.16. The number of primary amides is 1. The van der Waals surface area contributed by atoms with Crippen LogP contribution in [0.5, 0.6) is 0 Å². The van der Waals surface area contributed by atoms with Crippen molar-refractivity contribution >= 4 is 28.6 Å². The summed E-state index contributed by atoms with van der Waals surface area (Å²) in [6, 6.07) is 18.6. The summed E-state index contributed by atoms with van der Waals surface area (Å²) in [6.45, 7) is 3.44. The molecule has 1 aliphatic heterocycles. The summed E-state index contributed by atoms with van der Waals surface area (Å²) in [5.74, 6) is -0.836. The number of fused-ring (bicyclic) bond motifs is 1. The van der Waals surface area contributed by atoms with Gasteiger partial charge in [-0.15, -0.1) is 0 Å². The first-order chi connectivity index (χ1) is 17.8. The number of carbonyl (C=O) groups is 3.